The van der Waals surface area contributed by atoms with Gasteiger partial charge >= 0.3 is 0 Å². The van der Waals surface area contributed by atoms with Crippen LogP contribution in [0.2, 0.25) is 5.02 Å². The zero-order valence-electron chi connectivity index (χ0n) is 10.6. The minimum absolute atomic E-state index is 0.0653. The molecule has 19 heavy (non-hydrogen) atoms. The van der Waals surface area contributed by atoms with E-state index in [1.165, 1.54) is 0 Å². The first-order valence-electron chi connectivity index (χ1n) is 6.12. The third-order valence-electron chi connectivity index (χ3n) is 3.27. The Morgan fingerprint density at radius 2 is 2.21 bits per heavy atom. The summed E-state index contributed by atoms with van der Waals surface area (Å²) in [6.45, 7) is 1.88. The number of amides is 1. The highest BCUT2D eigenvalue weighted by molar-refractivity contribution is 7.91. The largest absolute Gasteiger partial charge is 0.326 e. The first-order chi connectivity index (χ1) is 8.85. The number of carbonyl (C=O) groups excluding carboxylic acids is 1. The van der Waals surface area contributed by atoms with Crippen LogP contribution in [-0.4, -0.2) is 25.8 Å². The number of anilines is 1. The van der Waals surface area contributed by atoms with E-state index >= 15 is 0 Å². The van der Waals surface area contributed by atoms with Crippen molar-refractivity contribution in [3.05, 3.63) is 28.8 Å². The highest BCUT2D eigenvalue weighted by Crippen LogP contribution is 2.24. The molecule has 1 aliphatic rings. The first kappa shape index (κ1) is 14.3. The third-order valence-corrected chi connectivity index (χ3v) is 5.35. The molecule has 1 aromatic carbocycles. The summed E-state index contributed by atoms with van der Waals surface area (Å²) in [5.74, 6) is 0.0905. The topological polar surface area (TPSA) is 63.2 Å². The predicted molar refractivity (Wildman–Crippen MR) is 76.2 cm³/mol. The van der Waals surface area contributed by atoms with Crippen molar-refractivity contribution in [2.45, 2.75) is 19.8 Å². The molecule has 0 bridgehead atoms. The van der Waals surface area contributed by atoms with Crippen LogP contribution in [0.15, 0.2) is 18.2 Å². The third kappa shape index (κ3) is 3.94. The molecule has 1 heterocycles. The van der Waals surface area contributed by atoms with Crippen LogP contribution in [0, 0.1) is 12.8 Å². The van der Waals surface area contributed by atoms with E-state index in [1.807, 2.05) is 13.0 Å². The summed E-state index contributed by atoms with van der Waals surface area (Å²) in [5.41, 5.74) is 1.61. The van der Waals surface area contributed by atoms with E-state index in [0.717, 1.165) is 5.56 Å². The van der Waals surface area contributed by atoms with Crippen molar-refractivity contribution >= 4 is 33.0 Å². The first-order valence-corrected chi connectivity index (χ1v) is 8.32. The van der Waals surface area contributed by atoms with Gasteiger partial charge in [0.25, 0.3) is 0 Å². The lowest BCUT2D eigenvalue weighted by Gasteiger charge is -2.11. The average Bonchev–Trinajstić information content (AvgIpc) is 2.63. The van der Waals surface area contributed by atoms with Gasteiger partial charge in [0.2, 0.25) is 5.91 Å². The second kappa shape index (κ2) is 5.51. The van der Waals surface area contributed by atoms with Crippen molar-refractivity contribution in [2.24, 2.45) is 5.92 Å². The normalized spacial score (nSPS) is 21.3. The van der Waals surface area contributed by atoms with Crippen LogP contribution in [0.5, 0.6) is 0 Å². The molecule has 104 valence electrons. The Labute approximate surface area is 118 Å². The Morgan fingerprint density at radius 3 is 2.84 bits per heavy atom. The van der Waals surface area contributed by atoms with E-state index in [0.29, 0.717) is 17.1 Å². The molecular formula is C13H16ClNO3S. The van der Waals surface area contributed by atoms with E-state index in [1.54, 1.807) is 12.1 Å². The molecule has 0 aromatic heterocycles. The lowest BCUT2D eigenvalue weighted by Crippen LogP contribution is -2.17. The van der Waals surface area contributed by atoms with Gasteiger partial charge in [-0.15, -0.1) is 0 Å². The second-order valence-electron chi connectivity index (χ2n) is 4.98. The Morgan fingerprint density at radius 1 is 1.47 bits per heavy atom. The monoisotopic (exact) mass is 301 g/mol. The maximum absolute atomic E-state index is 11.9. The summed E-state index contributed by atoms with van der Waals surface area (Å²) in [7, 11) is -2.93. The van der Waals surface area contributed by atoms with E-state index in [2.05, 4.69) is 5.32 Å². The molecule has 0 saturated carbocycles. The zero-order valence-corrected chi connectivity index (χ0v) is 12.2. The maximum atomic E-state index is 11.9. The fraction of sp³-hybridized carbons (Fsp3) is 0.462. The van der Waals surface area contributed by atoms with Gasteiger partial charge < -0.3 is 5.32 Å². The van der Waals surface area contributed by atoms with Crippen LogP contribution in [0.4, 0.5) is 5.69 Å². The molecule has 0 unspecified atom stereocenters. The van der Waals surface area contributed by atoms with Crippen LogP contribution >= 0.6 is 11.6 Å². The number of carbonyl (C=O) groups is 1. The van der Waals surface area contributed by atoms with Gasteiger partial charge in [0.1, 0.15) is 0 Å². The summed E-state index contributed by atoms with van der Waals surface area (Å²) >= 11 is 5.88. The fourth-order valence-corrected chi connectivity index (χ4v) is 4.26. The minimum Gasteiger partial charge on any atom is -0.326 e. The Balaban J connectivity index is 1.97. The molecule has 1 saturated heterocycles. The van der Waals surface area contributed by atoms with Gasteiger partial charge in [-0.25, -0.2) is 8.42 Å². The number of benzene rings is 1. The number of nitrogens with one attached hydrogen (secondary N) is 1. The highest BCUT2D eigenvalue weighted by Gasteiger charge is 2.29. The van der Waals surface area contributed by atoms with E-state index in [9.17, 15) is 13.2 Å². The second-order valence-corrected chi connectivity index (χ2v) is 7.65. The summed E-state index contributed by atoms with van der Waals surface area (Å²) in [6.07, 6.45) is 0.815. The lowest BCUT2D eigenvalue weighted by molar-refractivity contribution is -0.116. The smallest absolute Gasteiger partial charge is 0.224 e. The van der Waals surface area contributed by atoms with Crippen molar-refractivity contribution in [3.63, 3.8) is 0 Å². The Hall–Kier alpha value is -1.07. The van der Waals surface area contributed by atoms with Crippen LogP contribution in [0.3, 0.4) is 0 Å². The van der Waals surface area contributed by atoms with Crippen LogP contribution < -0.4 is 5.32 Å². The maximum Gasteiger partial charge on any atom is 0.224 e. The Kier molecular flexibility index (Phi) is 4.16. The average molecular weight is 302 g/mol. The summed E-state index contributed by atoms with van der Waals surface area (Å²) in [4.78, 5) is 11.9. The van der Waals surface area contributed by atoms with Gasteiger partial charge in [-0.3, -0.25) is 4.79 Å². The van der Waals surface area contributed by atoms with Crippen LogP contribution in [-0.2, 0) is 14.6 Å². The Bertz CT molecular complexity index is 598. The molecule has 1 fully saturated rings. The standard InChI is InChI=1S/C13H16ClNO3S/c1-9-2-3-11(14)7-12(9)15-13(16)6-10-4-5-19(17,18)8-10/h2-3,7,10H,4-6,8H2,1H3,(H,15,16)/t10-/m1/s1. The highest BCUT2D eigenvalue weighted by atomic mass is 35.5. The number of rotatable bonds is 3. The van der Waals surface area contributed by atoms with Gasteiger partial charge in [-0.2, -0.15) is 0 Å². The molecule has 6 heteroatoms. The summed E-state index contributed by atoms with van der Waals surface area (Å²) in [6, 6.07) is 5.29. The van der Waals surface area contributed by atoms with E-state index in [4.69, 9.17) is 11.6 Å². The summed E-state index contributed by atoms with van der Waals surface area (Å²) < 4.78 is 22.7. The quantitative estimate of drug-likeness (QED) is 0.932. The summed E-state index contributed by atoms with van der Waals surface area (Å²) in [5, 5.41) is 3.35. The van der Waals surface area contributed by atoms with E-state index in [-0.39, 0.29) is 29.8 Å². The van der Waals surface area contributed by atoms with Crippen molar-refractivity contribution < 1.29 is 13.2 Å². The van der Waals surface area contributed by atoms with Gasteiger partial charge in [0.05, 0.1) is 11.5 Å². The molecule has 0 aliphatic carbocycles. The van der Waals surface area contributed by atoms with Gasteiger partial charge in [-0.05, 0) is 37.0 Å². The molecule has 4 nitrogen and oxygen atoms in total. The molecule has 1 N–H and O–H groups in total. The fourth-order valence-electron chi connectivity index (χ4n) is 2.23. The van der Waals surface area contributed by atoms with Crippen molar-refractivity contribution in [2.75, 3.05) is 16.8 Å². The number of halogens is 1. The van der Waals surface area contributed by atoms with Crippen LogP contribution in [0.1, 0.15) is 18.4 Å². The van der Waals surface area contributed by atoms with Gasteiger partial charge in [0, 0.05) is 17.1 Å². The number of hydrogen-bond acceptors (Lipinski definition) is 3. The molecule has 1 aromatic rings. The number of sulfone groups is 1. The molecule has 0 radical (unpaired) electrons. The number of aryl methyl sites for hydroxylation is 1. The molecule has 2 rings (SSSR count). The predicted octanol–water partition coefficient (Wildman–Crippen LogP) is 2.41. The molecule has 1 aliphatic heterocycles. The molecular weight excluding hydrogens is 286 g/mol. The molecule has 1 amide bonds. The lowest BCUT2D eigenvalue weighted by atomic mass is 10.0. The number of hydrogen-bond donors (Lipinski definition) is 1. The van der Waals surface area contributed by atoms with Crippen molar-refractivity contribution in [1.29, 1.82) is 0 Å². The molecule has 0 spiro atoms. The van der Waals surface area contributed by atoms with Crippen molar-refractivity contribution in [3.8, 4) is 0 Å². The van der Waals surface area contributed by atoms with Crippen LogP contribution in [0.25, 0.3) is 0 Å². The van der Waals surface area contributed by atoms with E-state index < -0.39 is 9.84 Å². The van der Waals surface area contributed by atoms with Gasteiger partial charge in [0.15, 0.2) is 9.84 Å². The molecule has 1 atom stereocenters. The minimum atomic E-state index is -2.93. The van der Waals surface area contributed by atoms with Gasteiger partial charge in [-0.1, -0.05) is 17.7 Å². The SMILES string of the molecule is Cc1ccc(Cl)cc1NC(=O)C[C@H]1CCS(=O)(=O)C1. The zero-order chi connectivity index (χ0) is 14.0. The van der Waals surface area contributed by atoms with Crippen molar-refractivity contribution in [1.82, 2.24) is 0 Å².